The fourth-order valence-corrected chi connectivity index (χ4v) is 4.56. The molecule has 2 heterocycles. The van der Waals surface area contributed by atoms with Crippen LogP contribution in [0.1, 0.15) is 0 Å². The second kappa shape index (κ2) is 8.55. The lowest BCUT2D eigenvalue weighted by atomic mass is 9.98. The number of thioether (sulfide) groups is 2. The molecule has 0 bridgehead atoms. The molecule has 0 aromatic heterocycles. The number of primary amides is 1. The first-order valence-corrected chi connectivity index (χ1v) is 9.69. The van der Waals surface area contributed by atoms with E-state index in [1.54, 1.807) is 0 Å². The number of carbonyl (C=O) groups excluding carboxylic acids is 3. The molecule has 0 unspecified atom stereocenters. The van der Waals surface area contributed by atoms with Crippen LogP contribution in [0.15, 0.2) is 11.3 Å². The second-order valence-corrected chi connectivity index (χ2v) is 7.44. The van der Waals surface area contributed by atoms with E-state index in [-0.39, 0.29) is 29.4 Å². The first-order chi connectivity index (χ1) is 12.8. The summed E-state index contributed by atoms with van der Waals surface area (Å²) in [7, 11) is 1.25. The number of nitrogens with one attached hydrogen (secondary N) is 1. The van der Waals surface area contributed by atoms with Gasteiger partial charge in [0, 0.05) is 18.4 Å². The van der Waals surface area contributed by atoms with Gasteiger partial charge in [-0.3, -0.25) is 14.5 Å². The van der Waals surface area contributed by atoms with Gasteiger partial charge in [0.15, 0.2) is 0 Å². The van der Waals surface area contributed by atoms with Crippen LogP contribution in [0.3, 0.4) is 0 Å². The zero-order chi connectivity index (χ0) is 20.2. The van der Waals surface area contributed by atoms with Crippen molar-refractivity contribution >= 4 is 47.4 Å². The van der Waals surface area contributed by atoms with Crippen molar-refractivity contribution in [2.75, 3.05) is 31.0 Å². The van der Waals surface area contributed by atoms with Gasteiger partial charge in [-0.15, -0.1) is 29.9 Å². The predicted molar refractivity (Wildman–Crippen MR) is 97.3 cm³/mol. The number of hydrogen-bond acceptors (Lipinski definition) is 8. The van der Waals surface area contributed by atoms with Crippen LogP contribution in [0.25, 0.3) is 0 Å². The Balaban J connectivity index is 2.21. The van der Waals surface area contributed by atoms with Crippen LogP contribution in [0.4, 0.5) is 4.79 Å². The highest BCUT2D eigenvalue weighted by molar-refractivity contribution is 8.00. The third-order valence-electron chi connectivity index (χ3n) is 3.77. The van der Waals surface area contributed by atoms with Gasteiger partial charge in [0.05, 0.1) is 11.5 Å². The topological polar surface area (TPSA) is 148 Å². The molecule has 10 nitrogen and oxygen atoms in total. The zero-order valence-electron chi connectivity index (χ0n) is 14.2. The highest BCUT2D eigenvalue weighted by Crippen LogP contribution is 2.46. The number of carboxylic acid groups (broad SMARTS) is 1. The molecule has 3 amide bonds. The molecule has 0 spiro atoms. The van der Waals surface area contributed by atoms with Crippen molar-refractivity contribution in [3.05, 3.63) is 11.3 Å². The number of nitrogens with two attached hydrogens (primary N) is 1. The Morgan fingerprint density at radius 2 is 2.26 bits per heavy atom. The van der Waals surface area contributed by atoms with Crippen molar-refractivity contribution in [1.82, 2.24) is 10.2 Å². The van der Waals surface area contributed by atoms with Crippen molar-refractivity contribution < 1.29 is 33.8 Å². The summed E-state index contributed by atoms with van der Waals surface area (Å²) in [5.74, 6) is 0.334. The Morgan fingerprint density at radius 1 is 1.56 bits per heavy atom. The molecule has 0 aliphatic carbocycles. The largest absolute Gasteiger partial charge is 0.477 e. The number of hydrogen-bond donors (Lipinski definition) is 3. The first kappa shape index (κ1) is 20.9. The molecular formula is C15H17N3O7S2. The van der Waals surface area contributed by atoms with E-state index in [1.807, 2.05) is 0 Å². The third kappa shape index (κ3) is 4.00. The average Bonchev–Trinajstić information content (AvgIpc) is 2.63. The number of aliphatic carboxylic acids is 1. The average molecular weight is 415 g/mol. The van der Waals surface area contributed by atoms with Crippen LogP contribution in [-0.2, 0) is 23.9 Å². The van der Waals surface area contributed by atoms with E-state index < -0.39 is 35.0 Å². The molecule has 1 fully saturated rings. The number of rotatable bonds is 8. The first-order valence-electron chi connectivity index (χ1n) is 7.48. The van der Waals surface area contributed by atoms with Gasteiger partial charge in [-0.25, -0.2) is 9.59 Å². The molecule has 0 saturated carbocycles. The molecular weight excluding hydrogens is 398 g/mol. The van der Waals surface area contributed by atoms with E-state index in [9.17, 15) is 24.3 Å². The van der Waals surface area contributed by atoms with Gasteiger partial charge in [0.25, 0.3) is 11.6 Å². The lowest BCUT2D eigenvalue weighted by molar-refractivity contribution is -0.192. The summed E-state index contributed by atoms with van der Waals surface area (Å²) in [5, 5.41) is 11.2. The summed E-state index contributed by atoms with van der Waals surface area (Å²) in [5.41, 5.74) is 3.14. The Bertz CT molecular complexity index is 748. The number of amides is 3. The monoisotopic (exact) mass is 415 g/mol. The van der Waals surface area contributed by atoms with Gasteiger partial charge in [0.2, 0.25) is 5.91 Å². The number of terminal acetylenes is 1. The van der Waals surface area contributed by atoms with Crippen LogP contribution in [-0.4, -0.2) is 76.0 Å². The minimum absolute atomic E-state index is 0.0271. The molecule has 2 atom stereocenters. The van der Waals surface area contributed by atoms with Gasteiger partial charge in [-0.1, -0.05) is 5.92 Å². The van der Waals surface area contributed by atoms with E-state index in [4.69, 9.17) is 16.9 Å². The van der Waals surface area contributed by atoms with Gasteiger partial charge < -0.3 is 25.6 Å². The number of fused-ring (bicyclic) bond motifs is 1. The smallest absolute Gasteiger partial charge is 0.404 e. The maximum absolute atomic E-state index is 12.7. The molecule has 2 rings (SSSR count). The summed E-state index contributed by atoms with van der Waals surface area (Å²) in [6.45, 7) is -0.352. The highest BCUT2D eigenvalue weighted by atomic mass is 32.2. The summed E-state index contributed by atoms with van der Waals surface area (Å²) in [6.07, 6.45) is 4.07. The molecule has 27 heavy (non-hydrogen) atoms. The van der Waals surface area contributed by atoms with E-state index in [1.165, 1.54) is 30.6 Å². The van der Waals surface area contributed by atoms with Crippen molar-refractivity contribution in [3.63, 3.8) is 0 Å². The molecule has 0 radical (unpaired) electrons. The maximum Gasteiger partial charge on any atom is 0.404 e. The molecule has 2 aliphatic rings. The van der Waals surface area contributed by atoms with E-state index in [0.717, 1.165) is 4.90 Å². The van der Waals surface area contributed by atoms with Crippen molar-refractivity contribution in [2.24, 2.45) is 5.73 Å². The molecule has 12 heteroatoms. The fourth-order valence-electron chi connectivity index (χ4n) is 2.66. The standard InChI is InChI=1S/C15H17N3O7S2/c1-3-4-26-7-9(19)17-15(24-2)12(22)18-10(11(20)21)8(5-25-14(16)23)6-27-13(15)18/h1,13H,4-7H2,2H3,(H2,16,23)(H,17,19)(H,20,21)/t13-,15-/m0/s1. The molecule has 146 valence electrons. The zero-order valence-corrected chi connectivity index (χ0v) is 15.9. The number of β-lactam (4-membered cyclic amide) rings is 1. The summed E-state index contributed by atoms with van der Waals surface area (Å²) >= 11 is 2.37. The van der Waals surface area contributed by atoms with E-state index in [0.29, 0.717) is 5.75 Å². The van der Waals surface area contributed by atoms with Crippen LogP contribution in [0.2, 0.25) is 0 Å². The predicted octanol–water partition coefficient (Wildman–Crippen LogP) is -0.839. The quantitative estimate of drug-likeness (QED) is 0.200. The second-order valence-electron chi connectivity index (χ2n) is 5.39. The number of methoxy groups -OCH3 is 1. The van der Waals surface area contributed by atoms with Crippen LogP contribution >= 0.6 is 23.5 Å². The van der Waals surface area contributed by atoms with Crippen molar-refractivity contribution in [2.45, 2.75) is 11.1 Å². The Labute approximate surface area is 163 Å². The summed E-state index contributed by atoms with van der Waals surface area (Å²) in [4.78, 5) is 48.3. The van der Waals surface area contributed by atoms with Crippen molar-refractivity contribution in [3.8, 4) is 12.3 Å². The number of carbonyl (C=O) groups is 4. The molecule has 1 saturated heterocycles. The maximum atomic E-state index is 12.7. The van der Waals surface area contributed by atoms with Crippen LogP contribution in [0, 0.1) is 12.3 Å². The lowest BCUT2D eigenvalue weighted by Gasteiger charge is -2.55. The molecule has 0 aromatic carbocycles. The van der Waals surface area contributed by atoms with Gasteiger partial charge in [-0.05, 0) is 0 Å². The highest BCUT2D eigenvalue weighted by Gasteiger charge is 2.66. The summed E-state index contributed by atoms with van der Waals surface area (Å²) < 4.78 is 9.93. The Kier molecular flexibility index (Phi) is 6.63. The molecule has 2 aliphatic heterocycles. The third-order valence-corrected chi connectivity index (χ3v) is 5.98. The van der Waals surface area contributed by atoms with Gasteiger partial charge in [-0.2, -0.15) is 0 Å². The number of carboxylic acids is 1. The van der Waals surface area contributed by atoms with E-state index in [2.05, 4.69) is 16.0 Å². The van der Waals surface area contributed by atoms with Gasteiger partial charge >= 0.3 is 12.1 Å². The van der Waals surface area contributed by atoms with E-state index >= 15 is 0 Å². The minimum atomic E-state index is -1.67. The molecule has 0 aromatic rings. The van der Waals surface area contributed by atoms with Gasteiger partial charge in [0.1, 0.15) is 17.7 Å². The Hall–Kier alpha value is -2.36. The lowest BCUT2D eigenvalue weighted by Crippen LogP contribution is -2.80. The van der Waals surface area contributed by atoms with Crippen LogP contribution < -0.4 is 11.1 Å². The Morgan fingerprint density at radius 3 is 2.81 bits per heavy atom. The van der Waals surface area contributed by atoms with Crippen molar-refractivity contribution in [1.29, 1.82) is 0 Å². The number of nitrogens with zero attached hydrogens (tertiary/aromatic N) is 1. The minimum Gasteiger partial charge on any atom is -0.477 e. The molecule has 4 N–H and O–H groups in total. The SMILES string of the molecule is C#CCSCC(=O)N[C@]1(OC)C(=O)N2C(C(=O)O)=C(COC(N)=O)CS[C@H]21. The summed E-state index contributed by atoms with van der Waals surface area (Å²) in [6, 6.07) is 0. The number of ether oxygens (including phenoxy) is 2. The normalized spacial score (nSPS) is 23.8. The van der Waals surface area contributed by atoms with Crippen LogP contribution in [0.5, 0.6) is 0 Å². The fraction of sp³-hybridized carbons (Fsp3) is 0.467.